The Balaban J connectivity index is 1.93. The normalized spacial score (nSPS) is 19.1. The predicted octanol–water partition coefficient (Wildman–Crippen LogP) is 1.27. The minimum absolute atomic E-state index is 0.130. The Labute approximate surface area is 108 Å². The zero-order chi connectivity index (χ0) is 13.1. The minimum Gasteiger partial charge on any atom is -0.376 e. The van der Waals surface area contributed by atoms with E-state index in [1.54, 1.807) is 0 Å². The van der Waals surface area contributed by atoms with Gasteiger partial charge in [-0.05, 0) is 31.4 Å². The molecule has 0 aromatic heterocycles. The highest BCUT2D eigenvalue weighted by Gasteiger charge is 2.23. The number of hydrogen-bond donors (Lipinski definition) is 2. The van der Waals surface area contributed by atoms with Crippen molar-refractivity contribution in [3.63, 3.8) is 0 Å². The number of aryl methyl sites for hydroxylation is 2. The second-order valence-corrected chi connectivity index (χ2v) is 5.01. The molecule has 2 rings (SSSR count). The van der Waals surface area contributed by atoms with Crippen molar-refractivity contribution in [2.45, 2.75) is 26.3 Å². The third kappa shape index (κ3) is 2.82. The van der Waals surface area contributed by atoms with Crippen molar-refractivity contribution in [2.75, 3.05) is 25.0 Å². The van der Waals surface area contributed by atoms with E-state index in [-0.39, 0.29) is 11.9 Å². The van der Waals surface area contributed by atoms with Gasteiger partial charge in [-0.25, -0.2) is 0 Å². The van der Waals surface area contributed by atoms with Crippen molar-refractivity contribution >= 4 is 11.6 Å². The SMILES string of the molecule is Cc1cccc(C)c1NCC(=O)N1CC[C@@H](N)C1. The summed E-state index contributed by atoms with van der Waals surface area (Å²) in [6, 6.07) is 6.27. The van der Waals surface area contributed by atoms with Gasteiger partial charge in [0, 0.05) is 24.8 Å². The molecule has 1 aromatic rings. The molecule has 4 heteroatoms. The number of benzene rings is 1. The van der Waals surface area contributed by atoms with E-state index in [1.165, 1.54) is 11.1 Å². The molecule has 1 saturated heterocycles. The number of para-hydroxylation sites is 1. The number of hydrogen-bond acceptors (Lipinski definition) is 3. The van der Waals surface area contributed by atoms with E-state index in [4.69, 9.17) is 5.73 Å². The number of nitrogens with zero attached hydrogens (tertiary/aromatic N) is 1. The maximum atomic E-state index is 12.0. The van der Waals surface area contributed by atoms with Crippen molar-refractivity contribution < 1.29 is 4.79 Å². The van der Waals surface area contributed by atoms with Gasteiger partial charge >= 0.3 is 0 Å². The number of likely N-dealkylation sites (tertiary alicyclic amines) is 1. The molecule has 1 amide bonds. The molecule has 0 saturated carbocycles. The summed E-state index contributed by atoms with van der Waals surface area (Å²) in [7, 11) is 0. The van der Waals surface area contributed by atoms with E-state index in [0.717, 1.165) is 18.7 Å². The summed E-state index contributed by atoms with van der Waals surface area (Å²) in [5.41, 5.74) is 9.20. The number of anilines is 1. The minimum atomic E-state index is 0.130. The molecule has 0 bridgehead atoms. The van der Waals surface area contributed by atoms with E-state index in [1.807, 2.05) is 36.9 Å². The first-order chi connectivity index (χ1) is 8.58. The van der Waals surface area contributed by atoms with Crippen molar-refractivity contribution in [3.05, 3.63) is 29.3 Å². The summed E-state index contributed by atoms with van der Waals surface area (Å²) in [5.74, 6) is 0.130. The van der Waals surface area contributed by atoms with Gasteiger partial charge in [0.2, 0.25) is 5.91 Å². The fourth-order valence-corrected chi connectivity index (χ4v) is 2.38. The highest BCUT2D eigenvalue weighted by molar-refractivity contribution is 5.81. The van der Waals surface area contributed by atoms with Gasteiger partial charge in [-0.2, -0.15) is 0 Å². The molecule has 1 aliphatic rings. The van der Waals surface area contributed by atoms with Crippen LogP contribution in [-0.4, -0.2) is 36.5 Å². The Bertz CT molecular complexity index is 424. The van der Waals surface area contributed by atoms with E-state index in [9.17, 15) is 4.79 Å². The summed E-state index contributed by atoms with van der Waals surface area (Å²) < 4.78 is 0. The first-order valence-corrected chi connectivity index (χ1v) is 6.41. The maximum absolute atomic E-state index is 12.0. The third-order valence-electron chi connectivity index (χ3n) is 3.47. The van der Waals surface area contributed by atoms with Gasteiger partial charge in [0.15, 0.2) is 0 Å². The standard InChI is InChI=1S/C14H21N3O/c1-10-4-3-5-11(2)14(10)16-8-13(18)17-7-6-12(15)9-17/h3-5,12,16H,6-9,15H2,1-2H3/t12-/m1/s1. The molecule has 1 aliphatic heterocycles. The molecule has 98 valence electrons. The molecule has 1 fully saturated rings. The van der Waals surface area contributed by atoms with Crippen LogP contribution in [-0.2, 0) is 4.79 Å². The lowest BCUT2D eigenvalue weighted by Crippen LogP contribution is -2.35. The average Bonchev–Trinajstić information content (AvgIpc) is 2.75. The second kappa shape index (κ2) is 5.40. The molecule has 0 spiro atoms. The van der Waals surface area contributed by atoms with Crippen LogP contribution in [0.5, 0.6) is 0 Å². The second-order valence-electron chi connectivity index (χ2n) is 5.01. The van der Waals surface area contributed by atoms with Crippen molar-refractivity contribution in [2.24, 2.45) is 5.73 Å². The van der Waals surface area contributed by atoms with Crippen LogP contribution in [0, 0.1) is 13.8 Å². The number of amides is 1. The van der Waals surface area contributed by atoms with Crippen molar-refractivity contribution in [3.8, 4) is 0 Å². The number of carbonyl (C=O) groups is 1. The summed E-state index contributed by atoms with van der Waals surface area (Å²) >= 11 is 0. The van der Waals surface area contributed by atoms with Crippen LogP contribution in [0.4, 0.5) is 5.69 Å². The number of nitrogens with one attached hydrogen (secondary N) is 1. The molecule has 18 heavy (non-hydrogen) atoms. The van der Waals surface area contributed by atoms with Crippen LogP contribution >= 0.6 is 0 Å². The van der Waals surface area contributed by atoms with Gasteiger partial charge < -0.3 is 16.0 Å². The van der Waals surface area contributed by atoms with E-state index in [2.05, 4.69) is 5.32 Å². The Hall–Kier alpha value is -1.55. The van der Waals surface area contributed by atoms with Crippen LogP contribution in [0.25, 0.3) is 0 Å². The summed E-state index contributed by atoms with van der Waals surface area (Å²) in [6.07, 6.45) is 0.912. The highest BCUT2D eigenvalue weighted by atomic mass is 16.2. The Morgan fingerprint density at radius 3 is 2.67 bits per heavy atom. The van der Waals surface area contributed by atoms with E-state index >= 15 is 0 Å². The van der Waals surface area contributed by atoms with Gasteiger partial charge in [0.25, 0.3) is 0 Å². The quantitative estimate of drug-likeness (QED) is 0.846. The monoisotopic (exact) mass is 247 g/mol. The first-order valence-electron chi connectivity index (χ1n) is 6.41. The Morgan fingerprint density at radius 2 is 2.11 bits per heavy atom. The summed E-state index contributed by atoms with van der Waals surface area (Å²) in [4.78, 5) is 13.8. The van der Waals surface area contributed by atoms with Gasteiger partial charge in [0.05, 0.1) is 6.54 Å². The van der Waals surface area contributed by atoms with Gasteiger partial charge in [0.1, 0.15) is 0 Å². The van der Waals surface area contributed by atoms with Gasteiger partial charge in [-0.3, -0.25) is 4.79 Å². The van der Waals surface area contributed by atoms with Crippen molar-refractivity contribution in [1.82, 2.24) is 4.90 Å². The van der Waals surface area contributed by atoms with E-state index in [0.29, 0.717) is 13.1 Å². The van der Waals surface area contributed by atoms with Crippen LogP contribution in [0.2, 0.25) is 0 Å². The number of carbonyl (C=O) groups excluding carboxylic acids is 1. The number of rotatable bonds is 3. The molecule has 1 heterocycles. The molecule has 0 radical (unpaired) electrons. The summed E-state index contributed by atoms with van der Waals surface area (Å²) in [5, 5.41) is 3.24. The van der Waals surface area contributed by atoms with Crippen LogP contribution in [0.15, 0.2) is 18.2 Å². The molecule has 0 aliphatic carbocycles. The predicted molar refractivity (Wildman–Crippen MR) is 73.6 cm³/mol. The fourth-order valence-electron chi connectivity index (χ4n) is 2.38. The zero-order valence-electron chi connectivity index (χ0n) is 11.1. The Morgan fingerprint density at radius 1 is 1.44 bits per heavy atom. The largest absolute Gasteiger partial charge is 0.376 e. The highest BCUT2D eigenvalue weighted by Crippen LogP contribution is 2.19. The van der Waals surface area contributed by atoms with Crippen LogP contribution in [0.1, 0.15) is 17.5 Å². The lowest BCUT2D eigenvalue weighted by atomic mass is 10.1. The molecular formula is C14H21N3O. The lowest BCUT2D eigenvalue weighted by Gasteiger charge is -2.18. The summed E-state index contributed by atoms with van der Waals surface area (Å²) in [6.45, 7) is 5.91. The topological polar surface area (TPSA) is 58.4 Å². The average molecular weight is 247 g/mol. The maximum Gasteiger partial charge on any atom is 0.241 e. The van der Waals surface area contributed by atoms with Crippen LogP contribution in [0.3, 0.4) is 0 Å². The molecule has 1 atom stereocenters. The molecule has 1 aromatic carbocycles. The molecular weight excluding hydrogens is 226 g/mol. The van der Waals surface area contributed by atoms with Crippen molar-refractivity contribution in [1.29, 1.82) is 0 Å². The van der Waals surface area contributed by atoms with Crippen LogP contribution < -0.4 is 11.1 Å². The third-order valence-corrected chi connectivity index (χ3v) is 3.47. The molecule has 0 unspecified atom stereocenters. The van der Waals surface area contributed by atoms with Gasteiger partial charge in [-0.1, -0.05) is 18.2 Å². The molecule has 4 nitrogen and oxygen atoms in total. The fraction of sp³-hybridized carbons (Fsp3) is 0.500. The number of nitrogens with two attached hydrogens (primary N) is 1. The smallest absolute Gasteiger partial charge is 0.241 e. The zero-order valence-corrected chi connectivity index (χ0v) is 11.1. The van der Waals surface area contributed by atoms with E-state index < -0.39 is 0 Å². The molecule has 3 N–H and O–H groups in total. The van der Waals surface area contributed by atoms with Gasteiger partial charge in [-0.15, -0.1) is 0 Å². The Kier molecular flexibility index (Phi) is 3.87. The lowest BCUT2D eigenvalue weighted by molar-refractivity contribution is -0.128. The first kappa shape index (κ1) is 12.9.